The zero-order valence-corrected chi connectivity index (χ0v) is 5.52. The first kappa shape index (κ1) is 6.67. The Hall–Kier alpha value is -1.45. The zero-order chi connectivity index (χ0) is 7.56. The molecule has 1 aromatic rings. The van der Waals surface area contributed by atoms with Gasteiger partial charge in [0.15, 0.2) is 0 Å². The quantitative estimate of drug-likeness (QED) is 0.565. The van der Waals surface area contributed by atoms with Gasteiger partial charge in [0, 0.05) is 18.3 Å². The van der Waals surface area contributed by atoms with Crippen molar-refractivity contribution in [3.63, 3.8) is 0 Å². The van der Waals surface area contributed by atoms with Crippen LogP contribution in [-0.4, -0.2) is 21.1 Å². The molecule has 0 unspecified atom stereocenters. The third kappa shape index (κ3) is 0.953. The van der Waals surface area contributed by atoms with E-state index in [1.54, 1.807) is 6.92 Å². The monoisotopic (exact) mass is 140 g/mol. The molecule has 0 aliphatic carbocycles. The standard InChI is InChI=1S/C6H8N2O2/c1-2-7-8-5(9)3-4-6(8)10/h2-4,9-10H,1H3. The van der Waals surface area contributed by atoms with E-state index in [9.17, 15) is 0 Å². The van der Waals surface area contributed by atoms with Crippen LogP contribution in [0.3, 0.4) is 0 Å². The van der Waals surface area contributed by atoms with E-state index in [-0.39, 0.29) is 11.8 Å². The van der Waals surface area contributed by atoms with Crippen LogP contribution in [0.25, 0.3) is 0 Å². The SMILES string of the molecule is CC=Nn1c(O)ccc1O. The Balaban J connectivity index is 3.10. The van der Waals surface area contributed by atoms with Gasteiger partial charge in [-0.05, 0) is 6.92 Å². The Morgan fingerprint density at radius 3 is 2.30 bits per heavy atom. The molecule has 0 bridgehead atoms. The van der Waals surface area contributed by atoms with Crippen LogP contribution in [0.15, 0.2) is 17.2 Å². The fourth-order valence-electron chi connectivity index (χ4n) is 0.641. The summed E-state index contributed by atoms with van der Waals surface area (Å²) in [4.78, 5) is 0. The van der Waals surface area contributed by atoms with Crippen molar-refractivity contribution in [2.75, 3.05) is 0 Å². The molecule has 10 heavy (non-hydrogen) atoms. The summed E-state index contributed by atoms with van der Waals surface area (Å²) in [5, 5.41) is 21.6. The minimum atomic E-state index is -0.0735. The van der Waals surface area contributed by atoms with Crippen LogP contribution in [0.1, 0.15) is 6.92 Å². The molecule has 0 aliphatic heterocycles. The highest BCUT2D eigenvalue weighted by Gasteiger charge is 2.01. The van der Waals surface area contributed by atoms with Gasteiger partial charge in [0.2, 0.25) is 11.8 Å². The van der Waals surface area contributed by atoms with E-state index in [4.69, 9.17) is 10.2 Å². The van der Waals surface area contributed by atoms with Gasteiger partial charge >= 0.3 is 0 Å². The highest BCUT2D eigenvalue weighted by atomic mass is 16.3. The van der Waals surface area contributed by atoms with Crippen LogP contribution in [-0.2, 0) is 0 Å². The van der Waals surface area contributed by atoms with Gasteiger partial charge in [0.05, 0.1) is 0 Å². The topological polar surface area (TPSA) is 57.8 Å². The van der Waals surface area contributed by atoms with E-state index in [0.717, 1.165) is 4.68 Å². The molecule has 0 radical (unpaired) electrons. The molecule has 0 aromatic carbocycles. The normalized spacial score (nSPS) is 10.9. The molecule has 2 N–H and O–H groups in total. The first-order valence-corrected chi connectivity index (χ1v) is 2.84. The smallest absolute Gasteiger partial charge is 0.215 e. The van der Waals surface area contributed by atoms with Gasteiger partial charge in [-0.2, -0.15) is 9.78 Å². The molecule has 1 aromatic heterocycles. The largest absolute Gasteiger partial charge is 0.493 e. The number of rotatable bonds is 1. The molecular formula is C6H8N2O2. The van der Waals surface area contributed by atoms with Crippen molar-refractivity contribution in [1.29, 1.82) is 0 Å². The molecule has 0 amide bonds. The lowest BCUT2D eigenvalue weighted by Gasteiger charge is -1.95. The average molecular weight is 140 g/mol. The van der Waals surface area contributed by atoms with Crippen LogP contribution < -0.4 is 0 Å². The van der Waals surface area contributed by atoms with Crippen LogP contribution >= 0.6 is 0 Å². The average Bonchev–Trinajstić information content (AvgIpc) is 2.20. The van der Waals surface area contributed by atoms with E-state index >= 15 is 0 Å². The molecule has 0 atom stereocenters. The second-order valence-electron chi connectivity index (χ2n) is 1.74. The summed E-state index contributed by atoms with van der Waals surface area (Å²) < 4.78 is 1.03. The maximum absolute atomic E-state index is 8.95. The van der Waals surface area contributed by atoms with Gasteiger partial charge in [0.1, 0.15) is 0 Å². The fraction of sp³-hybridized carbons (Fsp3) is 0.167. The summed E-state index contributed by atoms with van der Waals surface area (Å²) in [5.74, 6) is -0.147. The van der Waals surface area contributed by atoms with Crippen molar-refractivity contribution < 1.29 is 10.2 Å². The summed E-state index contributed by atoms with van der Waals surface area (Å²) in [5.41, 5.74) is 0. The minimum absolute atomic E-state index is 0.0735. The molecule has 0 spiro atoms. The molecule has 4 heteroatoms. The lowest BCUT2D eigenvalue weighted by atomic mass is 10.6. The van der Waals surface area contributed by atoms with Crippen LogP contribution in [0.2, 0.25) is 0 Å². The molecule has 4 nitrogen and oxygen atoms in total. The maximum atomic E-state index is 8.95. The molecule has 0 aliphatic rings. The van der Waals surface area contributed by atoms with E-state index < -0.39 is 0 Å². The Morgan fingerprint density at radius 1 is 1.40 bits per heavy atom. The van der Waals surface area contributed by atoms with Crippen LogP contribution in [0.5, 0.6) is 11.8 Å². The van der Waals surface area contributed by atoms with Crippen molar-refractivity contribution >= 4 is 6.21 Å². The van der Waals surface area contributed by atoms with Gasteiger partial charge in [-0.1, -0.05) is 0 Å². The van der Waals surface area contributed by atoms with Gasteiger partial charge in [-0.15, -0.1) is 0 Å². The van der Waals surface area contributed by atoms with Gasteiger partial charge < -0.3 is 10.2 Å². The van der Waals surface area contributed by atoms with E-state index in [1.807, 2.05) is 0 Å². The first-order valence-electron chi connectivity index (χ1n) is 2.84. The van der Waals surface area contributed by atoms with E-state index in [2.05, 4.69) is 5.10 Å². The molecule has 54 valence electrons. The van der Waals surface area contributed by atoms with Crippen LogP contribution in [0, 0.1) is 0 Å². The third-order valence-electron chi connectivity index (χ3n) is 1.05. The van der Waals surface area contributed by atoms with Crippen molar-refractivity contribution in [1.82, 2.24) is 4.68 Å². The molecule has 1 heterocycles. The summed E-state index contributed by atoms with van der Waals surface area (Å²) in [6.07, 6.45) is 1.47. The summed E-state index contributed by atoms with van der Waals surface area (Å²) in [6, 6.07) is 2.73. The lowest BCUT2D eigenvalue weighted by molar-refractivity contribution is 0.384. The molecule has 0 saturated heterocycles. The number of aromatic hydroxyl groups is 2. The first-order chi connectivity index (χ1) is 4.75. The molecule has 1 rings (SSSR count). The second-order valence-corrected chi connectivity index (χ2v) is 1.74. The second kappa shape index (κ2) is 2.43. The van der Waals surface area contributed by atoms with Crippen molar-refractivity contribution in [2.24, 2.45) is 5.10 Å². The fourth-order valence-corrected chi connectivity index (χ4v) is 0.641. The Labute approximate surface area is 58.0 Å². The Bertz CT molecular complexity index is 233. The highest BCUT2D eigenvalue weighted by molar-refractivity contribution is 5.53. The summed E-state index contributed by atoms with van der Waals surface area (Å²) in [6.45, 7) is 1.69. The Morgan fingerprint density at radius 2 is 1.90 bits per heavy atom. The predicted molar refractivity (Wildman–Crippen MR) is 37.3 cm³/mol. The molecular weight excluding hydrogens is 132 g/mol. The number of hydrogen-bond acceptors (Lipinski definition) is 3. The third-order valence-corrected chi connectivity index (χ3v) is 1.05. The number of hydrogen-bond donors (Lipinski definition) is 2. The molecule has 0 fully saturated rings. The van der Waals surface area contributed by atoms with Crippen LogP contribution in [0.4, 0.5) is 0 Å². The van der Waals surface area contributed by atoms with Gasteiger partial charge in [0.25, 0.3) is 0 Å². The van der Waals surface area contributed by atoms with E-state index in [1.165, 1.54) is 18.3 Å². The number of nitrogens with zero attached hydrogens (tertiary/aromatic N) is 2. The van der Waals surface area contributed by atoms with Crippen molar-refractivity contribution in [3.05, 3.63) is 12.1 Å². The summed E-state index contributed by atoms with van der Waals surface area (Å²) in [7, 11) is 0. The summed E-state index contributed by atoms with van der Waals surface area (Å²) >= 11 is 0. The van der Waals surface area contributed by atoms with Crippen molar-refractivity contribution in [3.8, 4) is 11.8 Å². The van der Waals surface area contributed by atoms with Gasteiger partial charge in [-0.3, -0.25) is 0 Å². The van der Waals surface area contributed by atoms with E-state index in [0.29, 0.717) is 0 Å². The van der Waals surface area contributed by atoms with Gasteiger partial charge in [-0.25, -0.2) is 0 Å². The Kier molecular flexibility index (Phi) is 1.62. The number of aromatic nitrogens is 1. The predicted octanol–water partition coefficient (Wildman–Crippen LogP) is 0.753. The van der Waals surface area contributed by atoms with Crippen molar-refractivity contribution in [2.45, 2.75) is 6.92 Å². The lowest BCUT2D eigenvalue weighted by Crippen LogP contribution is -1.85. The molecule has 0 saturated carbocycles. The highest BCUT2D eigenvalue weighted by Crippen LogP contribution is 2.19. The maximum Gasteiger partial charge on any atom is 0.215 e. The minimum Gasteiger partial charge on any atom is -0.493 e. The zero-order valence-electron chi connectivity index (χ0n) is 5.52.